The smallest absolute Gasteiger partial charge is 0.311 e. The fourth-order valence-corrected chi connectivity index (χ4v) is 21.9. The molecule has 0 atom stereocenters. The van der Waals surface area contributed by atoms with E-state index in [4.69, 9.17) is 26.5 Å². The second-order valence-corrected chi connectivity index (χ2v) is 36.7. The van der Waals surface area contributed by atoms with E-state index in [1.54, 1.807) is 17.9 Å². The maximum Gasteiger partial charge on any atom is 0.727 e. The van der Waals surface area contributed by atoms with E-state index in [0.29, 0.717) is 39.3 Å². The van der Waals surface area contributed by atoms with Gasteiger partial charge in [0.1, 0.15) is 0 Å². The molecule has 0 saturated carbocycles. The third kappa shape index (κ3) is 14.9. The van der Waals surface area contributed by atoms with Crippen molar-refractivity contribution in [2.24, 2.45) is 20.0 Å². The van der Waals surface area contributed by atoms with E-state index < -0.39 is 26.3 Å². The normalized spacial score (nSPS) is 12.4. The van der Waals surface area contributed by atoms with Crippen LogP contribution in [-0.4, -0.2) is 47.5 Å². The number of benzene rings is 16. The molecule has 16 aromatic carbocycles. The largest absolute Gasteiger partial charge is 0.727 e. The monoisotopic (exact) mass is 1970 g/mol. The van der Waals surface area contributed by atoms with Crippen LogP contribution in [0.1, 0.15) is 22.3 Å². The number of fused-ring (bicyclic) bond motifs is 16. The number of anilines is 6. The number of aryl methyl sites for hydroxylation is 1. The minimum Gasteiger partial charge on any atom is -0.311 e. The van der Waals surface area contributed by atoms with Crippen LogP contribution in [0, 0.1) is 24.8 Å². The van der Waals surface area contributed by atoms with Crippen molar-refractivity contribution in [2.75, 3.05) is 9.80 Å². The second-order valence-electron chi connectivity index (χ2n) is 36.7. The molecule has 4 aliphatic rings. The van der Waals surface area contributed by atoms with Crippen molar-refractivity contribution in [3.05, 3.63) is 457 Å². The van der Waals surface area contributed by atoms with Gasteiger partial charge < -0.3 is 18.8 Å². The van der Waals surface area contributed by atoms with Gasteiger partial charge in [-0.2, -0.15) is 18.4 Å². The van der Waals surface area contributed by atoms with Crippen molar-refractivity contribution in [3.63, 3.8) is 0 Å². The number of nitriles is 1. The van der Waals surface area contributed by atoms with Gasteiger partial charge in [-0.1, -0.05) is 200 Å². The third-order valence-electron chi connectivity index (χ3n) is 28.8. The van der Waals surface area contributed by atoms with E-state index in [1.165, 1.54) is 23.1 Å². The van der Waals surface area contributed by atoms with E-state index in [-0.39, 0.29) is 39.5 Å². The zero-order valence-corrected chi connectivity index (χ0v) is 78.4. The summed E-state index contributed by atoms with van der Waals surface area (Å²) in [5.74, 6) is 2.51. The third-order valence-corrected chi connectivity index (χ3v) is 28.8. The van der Waals surface area contributed by atoms with Gasteiger partial charge in [-0.15, -0.1) is 0 Å². The Morgan fingerprint density at radius 3 is 1.10 bits per heavy atom. The average molecular weight is 1970 g/mol. The van der Waals surface area contributed by atoms with E-state index in [0.717, 1.165) is 211 Å². The van der Waals surface area contributed by atoms with Crippen LogP contribution in [0.3, 0.4) is 0 Å². The fraction of sp³-hybridized carbons (Fsp3) is 0.0169. The first-order chi connectivity index (χ1) is 70.1. The molecule has 4 aliphatic heterocycles. The van der Waals surface area contributed by atoms with Gasteiger partial charge in [0.2, 0.25) is 27.6 Å². The SMILES string of the molecule is F.F.F.F.F.F.[C-]#[N+]/C(=C(/C#N)c1ccc(N(c2ccc(-c3ccc4[n+](c3)B(F)n3c(c5cccc6cccc3c65)=N4)cc2)c2ccc(-c3ccc4[n+](c3)B(F)n3c(c5cccc6c(-c7ccc(C)cc7)ccc3c65)=N4)cc2)cc1)c1ccc(N(c2ccc(-c3ccc4[n+](c3)[B]n3c(c5cccc6cccc3c65)=N4)cc2)c2ccc(-c3ccc4[n+](c3)[B]n3c(c5ccc(-c6ccc(C(F)(F)F)cc6)c6cccc3c65)=N4)cc2)cc1. The Kier molecular flexibility index (Phi) is 23.1. The Morgan fingerprint density at radius 1 is 0.336 bits per heavy atom. The van der Waals surface area contributed by atoms with Crippen LogP contribution in [0.2, 0.25) is 0 Å². The van der Waals surface area contributed by atoms with Crippen molar-refractivity contribution in [3.8, 4) is 72.8 Å². The molecule has 12 heterocycles. The van der Waals surface area contributed by atoms with E-state index >= 15 is 8.63 Å². The summed E-state index contributed by atoms with van der Waals surface area (Å²) in [6.45, 7) is 10.9. The van der Waals surface area contributed by atoms with E-state index in [9.17, 15) is 18.4 Å². The molecule has 149 heavy (non-hydrogen) atoms. The molecule has 8 aromatic heterocycles. The summed E-state index contributed by atoms with van der Waals surface area (Å²) in [4.78, 5) is 29.0. The molecule has 0 bridgehead atoms. The number of alkyl halides is 3. The summed E-state index contributed by atoms with van der Waals surface area (Å²) in [7, 11) is 0.956. The van der Waals surface area contributed by atoms with Crippen LogP contribution in [-0.2, 0) is 6.18 Å². The summed E-state index contributed by atoms with van der Waals surface area (Å²) < 4.78 is 91.0. The molecule has 0 aliphatic carbocycles. The van der Waals surface area contributed by atoms with Gasteiger partial charge in [-0.05, 0) is 262 Å². The predicted molar refractivity (Wildman–Crippen MR) is 571 cm³/mol. The van der Waals surface area contributed by atoms with Gasteiger partial charge in [0.15, 0.2) is 0 Å². The minimum absolute atomic E-state index is 0. The average Bonchev–Trinajstić information content (AvgIpc) is 1.57. The van der Waals surface area contributed by atoms with Crippen LogP contribution in [0.25, 0.3) is 170 Å². The maximum atomic E-state index is 17.7. The van der Waals surface area contributed by atoms with Crippen LogP contribution in [0.4, 0.5) is 107 Å². The van der Waals surface area contributed by atoms with Crippen LogP contribution >= 0.6 is 0 Å². The summed E-state index contributed by atoms with van der Waals surface area (Å²) in [6.07, 6.45) is 3.37. The standard InChI is InChI=1S/C118H69B4F5N16.6FH/c1-70-21-23-75(24-22-70)93-59-60-104-112-95(93)13-7-17-98(112)117-133-108-64-42-84(69-137(108)122(127)143(104)117)74-33-51-89(52-34-74)138(88-49-31-73(32-50-88)83-41-63-107-132-116-97-16-4-10-79-12-6-20-103(110(79)97)142(116)121(126)136(107)68-83)90-53-35-77(36-54-90)100(65-128)113(129-2)80-37-55-91(56-38-80)139(86-45-27-71(28-46-86)81-39-61-105-130-114-96-15-3-9-78-11-5-18-101(109(78)96)140(114)119-134(105)66-81)87-47-29-72(30-48-87)82-40-62-106-131-115-99-58-57-92(76-25-43-85(44-26-76)118(123,124)125)94-14-8-19-102(111(94)99)141(115)120-135(106)67-82;;;;;;/h3-64,66-69H,1H3;6*1H/q+4;;;;;;/b113-100-;;;;;;. The first-order valence-electron chi connectivity index (χ1n) is 47.0. The van der Waals surface area contributed by atoms with Gasteiger partial charge in [-0.25, -0.2) is 13.8 Å². The number of aromatic nitrogens is 8. The highest BCUT2D eigenvalue weighted by Crippen LogP contribution is 2.46. The molecule has 0 amide bonds. The molecular formula is C118H75B4F11N16+4. The summed E-state index contributed by atoms with van der Waals surface area (Å²) in [5, 5.41) is 23.4. The Balaban J connectivity index is 0.00000209. The molecule has 31 heteroatoms. The Labute approximate surface area is 843 Å². The van der Waals surface area contributed by atoms with Crippen LogP contribution in [0.15, 0.2) is 421 Å². The maximum absolute atomic E-state index is 17.7. The van der Waals surface area contributed by atoms with Gasteiger partial charge in [-0.3, -0.25) is 54.8 Å². The van der Waals surface area contributed by atoms with Gasteiger partial charge in [0.25, 0.3) is 0 Å². The molecule has 0 spiro atoms. The van der Waals surface area contributed by atoms with Crippen molar-refractivity contribution in [1.29, 1.82) is 5.26 Å². The summed E-state index contributed by atoms with van der Waals surface area (Å²) in [6, 6.07) is 125. The highest BCUT2D eigenvalue weighted by molar-refractivity contribution is 6.43. The van der Waals surface area contributed by atoms with Gasteiger partial charge in [0.05, 0.1) is 70.1 Å². The second kappa shape index (κ2) is 36.3. The zero-order valence-electron chi connectivity index (χ0n) is 78.4. The molecule has 0 unspecified atom stereocenters. The summed E-state index contributed by atoms with van der Waals surface area (Å²) >= 11 is 0. The highest BCUT2D eigenvalue weighted by atomic mass is 19.4. The number of hydrogen-bond acceptors (Lipinski definition) is 7. The molecule has 0 N–H and O–H groups in total. The lowest BCUT2D eigenvalue weighted by Gasteiger charge is -2.26. The lowest BCUT2D eigenvalue weighted by atomic mass is 9.95. The van der Waals surface area contributed by atoms with E-state index in [1.807, 2.05) is 237 Å². The van der Waals surface area contributed by atoms with Crippen molar-refractivity contribution >= 4 is 185 Å². The molecule has 16 nitrogen and oxygen atoms in total. The lowest BCUT2D eigenvalue weighted by molar-refractivity contribution is -0.535. The first kappa shape index (κ1) is 94.7. The summed E-state index contributed by atoms with van der Waals surface area (Å²) in [5.41, 5.74) is 23.8. The van der Waals surface area contributed by atoms with Crippen molar-refractivity contribution in [1.82, 2.24) is 17.9 Å². The van der Waals surface area contributed by atoms with Crippen molar-refractivity contribution in [2.45, 2.75) is 13.1 Å². The number of nitrogens with zero attached hydrogens (tertiary/aromatic N) is 16. The van der Waals surface area contributed by atoms with Gasteiger partial charge in [0, 0.05) is 124 Å². The number of halogens is 11. The van der Waals surface area contributed by atoms with Gasteiger partial charge >= 0.3 is 59.1 Å². The number of allylic oxidation sites excluding steroid dienone is 1. The number of hydrogen-bond donors (Lipinski definition) is 0. The van der Waals surface area contributed by atoms with Crippen LogP contribution < -0.4 is 49.7 Å². The molecule has 2 radical (unpaired) electrons. The predicted octanol–water partition coefficient (Wildman–Crippen LogP) is 25.3. The molecule has 24 aromatic rings. The highest BCUT2D eigenvalue weighted by Gasteiger charge is 2.43. The molecule has 28 rings (SSSR count). The lowest BCUT2D eigenvalue weighted by Crippen LogP contribution is -2.58. The van der Waals surface area contributed by atoms with Crippen LogP contribution in [0.5, 0.6) is 0 Å². The van der Waals surface area contributed by atoms with Crippen molar-refractivity contribution < 1.29 is 67.9 Å². The molecule has 0 saturated heterocycles. The minimum atomic E-state index is -4.45. The molecule has 712 valence electrons. The molecule has 0 fully saturated rings. The molecular weight excluding hydrogens is 1890 g/mol. The quantitative estimate of drug-likeness (QED) is 0.0354. The zero-order chi connectivity index (χ0) is 95.5. The van der Waals surface area contributed by atoms with E-state index in [2.05, 4.69) is 201 Å². The Morgan fingerprint density at radius 2 is 0.658 bits per heavy atom. The topological polar surface area (TPSA) is 119 Å². The Hall–Kier alpha value is -19.2. The first-order valence-corrected chi connectivity index (χ1v) is 47.0. The fourth-order valence-electron chi connectivity index (χ4n) is 21.9. The number of pyridine rings is 4. The Bertz CT molecular complexity index is 9990. The number of rotatable bonds is 14.